The van der Waals surface area contributed by atoms with Crippen LogP contribution in [0.25, 0.3) is 0 Å². The molecule has 1 rings (SSSR count). The number of likely N-dealkylation sites (tertiary alicyclic amines) is 1. The van der Waals surface area contributed by atoms with Crippen molar-refractivity contribution in [1.82, 2.24) is 10.2 Å². The summed E-state index contributed by atoms with van der Waals surface area (Å²) in [5.41, 5.74) is 5.53. The molecule has 4 heteroatoms. The van der Waals surface area contributed by atoms with Gasteiger partial charge in [0.25, 0.3) is 0 Å². The molecule has 1 fully saturated rings. The van der Waals surface area contributed by atoms with Crippen molar-refractivity contribution < 1.29 is 4.79 Å². The van der Waals surface area contributed by atoms with E-state index >= 15 is 0 Å². The number of hydrogen-bond acceptors (Lipinski definition) is 3. The van der Waals surface area contributed by atoms with Crippen LogP contribution in [0, 0.1) is 5.92 Å². The van der Waals surface area contributed by atoms with Crippen LogP contribution in [0.2, 0.25) is 0 Å². The molecule has 0 aromatic rings. The van der Waals surface area contributed by atoms with E-state index in [0.29, 0.717) is 5.92 Å². The van der Waals surface area contributed by atoms with Crippen molar-refractivity contribution in [2.45, 2.75) is 65.0 Å². The number of carbonyl (C=O) groups excluding carboxylic acids is 1. The van der Waals surface area contributed by atoms with Crippen LogP contribution < -0.4 is 11.1 Å². The summed E-state index contributed by atoms with van der Waals surface area (Å²) < 4.78 is 0. The second-order valence-electron chi connectivity index (χ2n) is 6.48. The molecule has 19 heavy (non-hydrogen) atoms. The van der Waals surface area contributed by atoms with E-state index in [4.69, 9.17) is 5.73 Å². The molecule has 112 valence electrons. The topological polar surface area (TPSA) is 58.4 Å². The normalized spacial score (nSPS) is 23.1. The van der Waals surface area contributed by atoms with E-state index in [0.717, 1.165) is 32.5 Å². The van der Waals surface area contributed by atoms with Crippen molar-refractivity contribution in [2.24, 2.45) is 11.7 Å². The van der Waals surface area contributed by atoms with Crippen LogP contribution >= 0.6 is 0 Å². The number of piperidine rings is 1. The van der Waals surface area contributed by atoms with Gasteiger partial charge in [-0.05, 0) is 65.5 Å². The number of nitrogens with two attached hydrogens (primary N) is 1. The average molecular weight is 269 g/mol. The van der Waals surface area contributed by atoms with Gasteiger partial charge in [0.1, 0.15) is 0 Å². The van der Waals surface area contributed by atoms with Crippen molar-refractivity contribution in [3.8, 4) is 0 Å². The quantitative estimate of drug-likeness (QED) is 0.772. The van der Waals surface area contributed by atoms with Crippen LogP contribution in [-0.2, 0) is 4.79 Å². The Hall–Kier alpha value is -0.610. The fourth-order valence-electron chi connectivity index (χ4n) is 2.61. The molecule has 0 saturated carbocycles. The Morgan fingerprint density at radius 2 is 2.21 bits per heavy atom. The lowest BCUT2D eigenvalue weighted by atomic mass is 9.93. The number of nitrogens with zero attached hydrogens (tertiary/aromatic N) is 1. The Kier molecular flexibility index (Phi) is 6.27. The van der Waals surface area contributed by atoms with Gasteiger partial charge < -0.3 is 11.1 Å². The molecule has 2 unspecified atom stereocenters. The first-order chi connectivity index (χ1) is 8.89. The Labute approximate surface area is 118 Å². The molecule has 1 amide bonds. The van der Waals surface area contributed by atoms with E-state index in [1.807, 2.05) is 6.92 Å². The van der Waals surface area contributed by atoms with Gasteiger partial charge in [0.2, 0.25) is 5.91 Å². The van der Waals surface area contributed by atoms with Crippen LogP contribution in [0.5, 0.6) is 0 Å². The van der Waals surface area contributed by atoms with Gasteiger partial charge in [-0.2, -0.15) is 0 Å². The van der Waals surface area contributed by atoms with Crippen molar-refractivity contribution in [3.63, 3.8) is 0 Å². The van der Waals surface area contributed by atoms with Gasteiger partial charge in [-0.25, -0.2) is 0 Å². The first-order valence-electron chi connectivity index (χ1n) is 7.65. The summed E-state index contributed by atoms with van der Waals surface area (Å²) in [5.74, 6) is 0.813. The summed E-state index contributed by atoms with van der Waals surface area (Å²) >= 11 is 0. The molecule has 1 saturated heterocycles. The lowest BCUT2D eigenvalue weighted by molar-refractivity contribution is -0.128. The molecule has 0 bridgehead atoms. The number of carbonyl (C=O) groups is 1. The minimum atomic E-state index is -0.113. The molecule has 0 aliphatic carbocycles. The third-order valence-electron chi connectivity index (χ3n) is 4.40. The molecule has 1 aliphatic heterocycles. The highest BCUT2D eigenvalue weighted by Gasteiger charge is 2.29. The average Bonchev–Trinajstić information content (AvgIpc) is 2.38. The molecule has 1 aliphatic rings. The van der Waals surface area contributed by atoms with Crippen molar-refractivity contribution in [2.75, 3.05) is 19.6 Å². The van der Waals surface area contributed by atoms with Crippen LogP contribution in [0.4, 0.5) is 0 Å². The highest BCUT2D eigenvalue weighted by molar-refractivity contribution is 5.82. The van der Waals surface area contributed by atoms with Crippen molar-refractivity contribution >= 4 is 5.91 Å². The largest absolute Gasteiger partial charge is 0.350 e. The maximum atomic E-state index is 12.3. The highest BCUT2D eigenvalue weighted by Crippen LogP contribution is 2.21. The van der Waals surface area contributed by atoms with Gasteiger partial charge in [0, 0.05) is 12.1 Å². The van der Waals surface area contributed by atoms with Crippen LogP contribution in [0.3, 0.4) is 0 Å². The zero-order valence-corrected chi connectivity index (χ0v) is 13.0. The summed E-state index contributed by atoms with van der Waals surface area (Å²) in [7, 11) is 0. The maximum Gasteiger partial charge on any atom is 0.237 e. The van der Waals surface area contributed by atoms with Crippen LogP contribution in [0.1, 0.15) is 53.4 Å². The van der Waals surface area contributed by atoms with Crippen LogP contribution in [0.15, 0.2) is 0 Å². The fourth-order valence-corrected chi connectivity index (χ4v) is 2.61. The molecular weight excluding hydrogens is 238 g/mol. The Morgan fingerprint density at radius 3 is 2.79 bits per heavy atom. The first-order valence-corrected chi connectivity index (χ1v) is 7.65. The monoisotopic (exact) mass is 269 g/mol. The molecule has 0 radical (unpaired) electrons. The highest BCUT2D eigenvalue weighted by atomic mass is 16.2. The predicted molar refractivity (Wildman–Crippen MR) is 79.9 cm³/mol. The van der Waals surface area contributed by atoms with Gasteiger partial charge in [0.05, 0.1) is 6.04 Å². The van der Waals surface area contributed by atoms with E-state index in [9.17, 15) is 4.79 Å². The zero-order valence-electron chi connectivity index (χ0n) is 13.0. The van der Waals surface area contributed by atoms with E-state index in [-0.39, 0.29) is 17.5 Å². The van der Waals surface area contributed by atoms with Gasteiger partial charge in [0.15, 0.2) is 0 Å². The van der Waals surface area contributed by atoms with Gasteiger partial charge in [-0.1, -0.05) is 6.92 Å². The van der Waals surface area contributed by atoms with Gasteiger partial charge >= 0.3 is 0 Å². The van der Waals surface area contributed by atoms with Gasteiger partial charge in [-0.3, -0.25) is 9.69 Å². The predicted octanol–water partition coefficient (Wildman–Crippen LogP) is 1.74. The number of hydrogen-bond donors (Lipinski definition) is 2. The Balaban J connectivity index is 2.51. The van der Waals surface area contributed by atoms with Crippen molar-refractivity contribution in [3.05, 3.63) is 0 Å². The van der Waals surface area contributed by atoms with E-state index in [2.05, 4.69) is 31.0 Å². The van der Waals surface area contributed by atoms with E-state index in [1.54, 1.807) is 0 Å². The third kappa shape index (κ3) is 5.11. The SMILES string of the molecule is CCC(C)(C)NC(=O)C(C)N1CCCC(CCN)C1. The number of amides is 1. The molecule has 0 spiro atoms. The van der Waals surface area contributed by atoms with Crippen LogP contribution in [-0.4, -0.2) is 42.0 Å². The molecule has 3 N–H and O–H groups in total. The second-order valence-corrected chi connectivity index (χ2v) is 6.48. The molecular formula is C15H31N3O. The number of rotatable bonds is 6. The number of nitrogens with one attached hydrogen (secondary N) is 1. The molecule has 0 aromatic carbocycles. The zero-order chi connectivity index (χ0) is 14.5. The van der Waals surface area contributed by atoms with Crippen molar-refractivity contribution in [1.29, 1.82) is 0 Å². The molecule has 0 aromatic heterocycles. The second kappa shape index (κ2) is 7.25. The lowest BCUT2D eigenvalue weighted by Gasteiger charge is -2.37. The Morgan fingerprint density at radius 1 is 1.53 bits per heavy atom. The third-order valence-corrected chi connectivity index (χ3v) is 4.40. The minimum Gasteiger partial charge on any atom is -0.350 e. The molecule has 4 nitrogen and oxygen atoms in total. The summed E-state index contributed by atoms with van der Waals surface area (Å²) in [5, 5.41) is 3.14. The summed E-state index contributed by atoms with van der Waals surface area (Å²) in [4.78, 5) is 14.6. The molecule has 2 atom stereocenters. The van der Waals surface area contributed by atoms with Gasteiger partial charge in [-0.15, -0.1) is 0 Å². The summed E-state index contributed by atoms with van der Waals surface area (Å²) in [6.45, 7) is 11.1. The standard InChI is InChI=1S/C15H31N3O/c1-5-15(3,4)17-14(19)12(2)18-10-6-7-13(11-18)8-9-16/h12-13H,5-11,16H2,1-4H3,(H,17,19). The minimum absolute atomic E-state index is 0.0357. The van der Waals surface area contributed by atoms with E-state index in [1.165, 1.54) is 12.8 Å². The smallest absolute Gasteiger partial charge is 0.237 e. The lowest BCUT2D eigenvalue weighted by Crippen LogP contribution is -2.53. The molecule has 1 heterocycles. The Bertz CT molecular complexity index is 289. The summed E-state index contributed by atoms with van der Waals surface area (Å²) in [6.07, 6.45) is 4.45. The maximum absolute atomic E-state index is 12.3. The fraction of sp³-hybridized carbons (Fsp3) is 0.933. The first kappa shape index (κ1) is 16.4. The van der Waals surface area contributed by atoms with E-state index < -0.39 is 0 Å². The summed E-state index contributed by atoms with van der Waals surface area (Å²) in [6, 6.07) is -0.0357.